The lowest BCUT2D eigenvalue weighted by Gasteiger charge is -2.33. The summed E-state index contributed by atoms with van der Waals surface area (Å²) < 4.78 is 13.8. The molecule has 0 amide bonds. The molecule has 0 bridgehead atoms. The molecule has 2 rings (SSSR count). The third-order valence-corrected chi connectivity index (χ3v) is 4.72. The summed E-state index contributed by atoms with van der Waals surface area (Å²) in [4.78, 5) is 0. The van der Waals surface area contributed by atoms with E-state index in [2.05, 4.69) is 13.8 Å². The van der Waals surface area contributed by atoms with E-state index in [9.17, 15) is 9.50 Å². The number of rotatable bonds is 3. The van der Waals surface area contributed by atoms with Crippen molar-refractivity contribution in [3.05, 3.63) is 34.6 Å². The van der Waals surface area contributed by atoms with Gasteiger partial charge in [-0.05, 0) is 55.6 Å². The van der Waals surface area contributed by atoms with Crippen LogP contribution in [0.15, 0.2) is 18.2 Å². The van der Waals surface area contributed by atoms with Crippen molar-refractivity contribution >= 4 is 11.6 Å². The summed E-state index contributed by atoms with van der Waals surface area (Å²) in [5.41, 5.74) is 0.386. The summed E-state index contributed by atoms with van der Waals surface area (Å²) in [5, 5.41) is 10.7. The van der Waals surface area contributed by atoms with Crippen molar-refractivity contribution in [3.63, 3.8) is 0 Å². The highest BCUT2D eigenvalue weighted by Crippen LogP contribution is 2.40. The SMILES string of the molecule is CC(C)C1CCC(C(O)c2ccc(Cl)cc2F)CC1. The van der Waals surface area contributed by atoms with Crippen LogP contribution >= 0.6 is 11.6 Å². The van der Waals surface area contributed by atoms with E-state index in [1.807, 2.05) is 0 Å². The van der Waals surface area contributed by atoms with Crippen LogP contribution in [0.25, 0.3) is 0 Å². The fourth-order valence-corrected chi connectivity index (χ4v) is 3.28. The molecule has 1 N–H and O–H groups in total. The van der Waals surface area contributed by atoms with Gasteiger partial charge < -0.3 is 5.11 Å². The summed E-state index contributed by atoms with van der Waals surface area (Å²) in [6, 6.07) is 4.53. The Hall–Kier alpha value is -0.600. The Morgan fingerprint density at radius 2 is 1.74 bits per heavy atom. The molecular weight excluding hydrogens is 263 g/mol. The van der Waals surface area contributed by atoms with E-state index >= 15 is 0 Å². The van der Waals surface area contributed by atoms with Gasteiger partial charge in [0.1, 0.15) is 5.82 Å². The van der Waals surface area contributed by atoms with Gasteiger partial charge in [0.05, 0.1) is 6.10 Å². The van der Waals surface area contributed by atoms with Crippen molar-refractivity contribution in [2.45, 2.75) is 45.6 Å². The lowest BCUT2D eigenvalue weighted by Crippen LogP contribution is -2.23. The van der Waals surface area contributed by atoms with Crippen LogP contribution in [-0.4, -0.2) is 5.11 Å². The second kappa shape index (κ2) is 6.23. The Kier molecular flexibility index (Phi) is 4.86. The molecule has 0 heterocycles. The predicted molar refractivity (Wildman–Crippen MR) is 76.7 cm³/mol. The molecule has 1 saturated carbocycles. The van der Waals surface area contributed by atoms with Crippen molar-refractivity contribution < 1.29 is 9.50 Å². The quantitative estimate of drug-likeness (QED) is 0.830. The topological polar surface area (TPSA) is 20.2 Å². The fourth-order valence-electron chi connectivity index (χ4n) is 3.12. The summed E-state index contributed by atoms with van der Waals surface area (Å²) >= 11 is 5.74. The normalized spacial score (nSPS) is 25.6. The molecule has 1 fully saturated rings. The highest BCUT2D eigenvalue weighted by Gasteiger charge is 2.29. The molecule has 0 aromatic heterocycles. The molecule has 1 nitrogen and oxygen atoms in total. The van der Waals surface area contributed by atoms with Crippen molar-refractivity contribution in [2.75, 3.05) is 0 Å². The first-order chi connectivity index (χ1) is 8.99. The standard InChI is InChI=1S/C16H22ClFO/c1-10(2)11-3-5-12(6-4-11)16(19)14-8-7-13(17)9-15(14)18/h7-12,16,19H,3-6H2,1-2H3. The number of hydrogen-bond donors (Lipinski definition) is 1. The highest BCUT2D eigenvalue weighted by atomic mass is 35.5. The number of halogens is 2. The average Bonchev–Trinajstić information content (AvgIpc) is 2.38. The van der Waals surface area contributed by atoms with Crippen LogP contribution in [-0.2, 0) is 0 Å². The molecule has 3 heteroatoms. The van der Waals surface area contributed by atoms with Gasteiger partial charge in [0.2, 0.25) is 0 Å². The summed E-state index contributed by atoms with van der Waals surface area (Å²) in [7, 11) is 0. The molecule has 0 aliphatic heterocycles. The van der Waals surface area contributed by atoms with Crippen molar-refractivity contribution in [3.8, 4) is 0 Å². The largest absolute Gasteiger partial charge is 0.388 e. The minimum absolute atomic E-state index is 0.172. The smallest absolute Gasteiger partial charge is 0.130 e. The van der Waals surface area contributed by atoms with Crippen LogP contribution < -0.4 is 0 Å². The van der Waals surface area contributed by atoms with Crippen molar-refractivity contribution in [1.82, 2.24) is 0 Å². The van der Waals surface area contributed by atoms with Gasteiger partial charge >= 0.3 is 0 Å². The van der Waals surface area contributed by atoms with E-state index in [-0.39, 0.29) is 5.92 Å². The zero-order valence-corrected chi connectivity index (χ0v) is 12.3. The molecule has 106 valence electrons. The highest BCUT2D eigenvalue weighted by molar-refractivity contribution is 6.30. The van der Waals surface area contributed by atoms with Crippen LogP contribution in [0.4, 0.5) is 4.39 Å². The second-order valence-electron chi connectivity index (χ2n) is 6.03. The maximum atomic E-state index is 13.8. The minimum atomic E-state index is -0.703. The van der Waals surface area contributed by atoms with Gasteiger partial charge in [-0.3, -0.25) is 0 Å². The number of hydrogen-bond acceptors (Lipinski definition) is 1. The third-order valence-electron chi connectivity index (χ3n) is 4.49. The third kappa shape index (κ3) is 3.49. The van der Waals surface area contributed by atoms with E-state index < -0.39 is 11.9 Å². The molecule has 1 aromatic rings. The lowest BCUT2D eigenvalue weighted by molar-refractivity contribution is 0.0641. The lowest BCUT2D eigenvalue weighted by atomic mass is 9.74. The molecule has 1 atom stereocenters. The van der Waals surface area contributed by atoms with Crippen molar-refractivity contribution in [2.24, 2.45) is 17.8 Å². The molecule has 0 radical (unpaired) electrons. The molecule has 19 heavy (non-hydrogen) atoms. The Balaban J connectivity index is 2.03. The number of aliphatic hydroxyl groups excluding tert-OH is 1. The van der Waals surface area contributed by atoms with E-state index in [4.69, 9.17) is 11.6 Å². The maximum absolute atomic E-state index is 13.8. The van der Waals surface area contributed by atoms with Crippen LogP contribution in [0.2, 0.25) is 5.02 Å². The van der Waals surface area contributed by atoms with Gasteiger partial charge in [0.15, 0.2) is 0 Å². The minimum Gasteiger partial charge on any atom is -0.388 e. The molecule has 1 aliphatic carbocycles. The number of benzene rings is 1. The molecule has 0 spiro atoms. The van der Waals surface area contributed by atoms with Gasteiger partial charge in [-0.2, -0.15) is 0 Å². The van der Waals surface area contributed by atoms with Crippen LogP contribution in [0, 0.1) is 23.6 Å². The summed E-state index contributed by atoms with van der Waals surface area (Å²) in [5.74, 6) is 1.22. The average molecular weight is 285 g/mol. The van der Waals surface area contributed by atoms with Crippen LogP contribution in [0.1, 0.15) is 51.2 Å². The zero-order chi connectivity index (χ0) is 14.0. The first kappa shape index (κ1) is 14.8. The molecule has 1 unspecified atom stereocenters. The van der Waals surface area contributed by atoms with E-state index in [1.165, 1.54) is 6.07 Å². The van der Waals surface area contributed by atoms with E-state index in [1.54, 1.807) is 12.1 Å². The first-order valence-electron chi connectivity index (χ1n) is 7.12. The van der Waals surface area contributed by atoms with Crippen LogP contribution in [0.5, 0.6) is 0 Å². The molecule has 1 aromatic carbocycles. The molecular formula is C16H22ClFO. The first-order valence-corrected chi connectivity index (χ1v) is 7.50. The van der Waals surface area contributed by atoms with Gasteiger partial charge in [0, 0.05) is 10.6 Å². The Morgan fingerprint density at radius 1 is 1.16 bits per heavy atom. The maximum Gasteiger partial charge on any atom is 0.130 e. The molecule has 0 saturated heterocycles. The van der Waals surface area contributed by atoms with Crippen molar-refractivity contribution in [1.29, 1.82) is 0 Å². The Bertz CT molecular complexity index is 425. The van der Waals surface area contributed by atoms with Gasteiger partial charge in [0.25, 0.3) is 0 Å². The molecule has 1 aliphatic rings. The van der Waals surface area contributed by atoms with Gasteiger partial charge in [-0.25, -0.2) is 4.39 Å². The number of aliphatic hydroxyl groups is 1. The Labute approximate surface area is 119 Å². The summed E-state index contributed by atoms with van der Waals surface area (Å²) in [6.45, 7) is 4.50. The predicted octanol–water partition coefficient (Wildman–Crippen LogP) is 4.97. The Morgan fingerprint density at radius 3 is 2.26 bits per heavy atom. The summed E-state index contributed by atoms with van der Waals surface area (Å²) in [6.07, 6.45) is 3.52. The fraction of sp³-hybridized carbons (Fsp3) is 0.625. The zero-order valence-electron chi connectivity index (χ0n) is 11.6. The second-order valence-corrected chi connectivity index (χ2v) is 6.47. The van der Waals surface area contributed by atoms with Gasteiger partial charge in [-0.15, -0.1) is 0 Å². The van der Waals surface area contributed by atoms with Crippen LogP contribution in [0.3, 0.4) is 0 Å². The monoisotopic (exact) mass is 284 g/mol. The van der Waals surface area contributed by atoms with E-state index in [0.717, 1.165) is 31.6 Å². The van der Waals surface area contributed by atoms with Gasteiger partial charge in [-0.1, -0.05) is 31.5 Å². The van der Waals surface area contributed by atoms with E-state index in [0.29, 0.717) is 16.5 Å².